The number of nitrogens with zero attached hydrogens (tertiary/aromatic N) is 1. The van der Waals surface area contributed by atoms with Crippen LogP contribution in [0.25, 0.3) is 0 Å². The molecule has 1 heterocycles. The number of Topliss-reactive ketones (excluding diaryl/α,β-unsaturated/α-hetero) is 1. The fraction of sp³-hybridized carbons (Fsp3) is 0.250. The molecule has 3 rings (SSSR count). The van der Waals surface area contributed by atoms with E-state index < -0.39 is 0 Å². The number of methoxy groups -OCH3 is 1. The van der Waals surface area contributed by atoms with Crippen LogP contribution in [-0.2, 0) is 13.0 Å². The average Bonchev–Trinajstić information content (AvgIpc) is 2.86. The van der Waals surface area contributed by atoms with E-state index in [2.05, 4.69) is 4.98 Å². The number of fused-ring (bicyclic) bond motifs is 1. The SMILES string of the molecule is COc1cccc(COc2ccc3c(c2)CCC3=O)n1. The van der Waals surface area contributed by atoms with Crippen LogP contribution in [0, 0.1) is 0 Å². The van der Waals surface area contributed by atoms with Crippen molar-refractivity contribution in [2.75, 3.05) is 7.11 Å². The highest BCUT2D eigenvalue weighted by Crippen LogP contribution is 2.26. The molecule has 0 fully saturated rings. The van der Waals surface area contributed by atoms with E-state index in [1.165, 1.54) is 0 Å². The third-order valence-electron chi connectivity index (χ3n) is 3.38. The monoisotopic (exact) mass is 269 g/mol. The van der Waals surface area contributed by atoms with Gasteiger partial charge in [-0.1, -0.05) is 6.07 Å². The Hall–Kier alpha value is -2.36. The smallest absolute Gasteiger partial charge is 0.213 e. The molecule has 0 N–H and O–H groups in total. The molecule has 0 spiro atoms. The lowest BCUT2D eigenvalue weighted by atomic mass is 10.1. The molecule has 102 valence electrons. The molecule has 2 aromatic rings. The molecule has 0 radical (unpaired) electrons. The third kappa shape index (κ3) is 2.50. The number of aryl methyl sites for hydroxylation is 1. The number of benzene rings is 1. The first-order valence-corrected chi connectivity index (χ1v) is 6.55. The lowest BCUT2D eigenvalue weighted by Gasteiger charge is -2.08. The van der Waals surface area contributed by atoms with Gasteiger partial charge in [0, 0.05) is 18.1 Å². The van der Waals surface area contributed by atoms with E-state index in [0.717, 1.165) is 29.0 Å². The number of hydrogen-bond acceptors (Lipinski definition) is 4. The average molecular weight is 269 g/mol. The van der Waals surface area contributed by atoms with Crippen LogP contribution in [-0.4, -0.2) is 17.9 Å². The summed E-state index contributed by atoms with van der Waals surface area (Å²) >= 11 is 0. The van der Waals surface area contributed by atoms with Gasteiger partial charge in [-0.15, -0.1) is 0 Å². The maximum atomic E-state index is 11.6. The fourth-order valence-electron chi connectivity index (χ4n) is 2.33. The Morgan fingerprint density at radius 2 is 2.10 bits per heavy atom. The Morgan fingerprint density at radius 3 is 2.95 bits per heavy atom. The van der Waals surface area contributed by atoms with Gasteiger partial charge in [0.1, 0.15) is 12.4 Å². The third-order valence-corrected chi connectivity index (χ3v) is 3.38. The molecule has 0 aliphatic heterocycles. The van der Waals surface area contributed by atoms with Crippen molar-refractivity contribution in [3.05, 3.63) is 53.2 Å². The summed E-state index contributed by atoms with van der Waals surface area (Å²) in [5.74, 6) is 1.56. The van der Waals surface area contributed by atoms with Gasteiger partial charge in [0.2, 0.25) is 5.88 Å². The van der Waals surface area contributed by atoms with E-state index in [4.69, 9.17) is 9.47 Å². The van der Waals surface area contributed by atoms with Gasteiger partial charge < -0.3 is 9.47 Å². The van der Waals surface area contributed by atoms with Crippen molar-refractivity contribution in [3.8, 4) is 11.6 Å². The minimum absolute atomic E-state index is 0.223. The van der Waals surface area contributed by atoms with Crippen LogP contribution in [0.4, 0.5) is 0 Å². The Labute approximate surface area is 117 Å². The quantitative estimate of drug-likeness (QED) is 0.856. The second-order valence-corrected chi connectivity index (χ2v) is 4.70. The van der Waals surface area contributed by atoms with E-state index >= 15 is 0 Å². The minimum atomic E-state index is 0.223. The predicted octanol–water partition coefficient (Wildman–Crippen LogP) is 2.80. The summed E-state index contributed by atoms with van der Waals surface area (Å²) in [6.07, 6.45) is 1.42. The van der Waals surface area contributed by atoms with Gasteiger partial charge in [0.15, 0.2) is 5.78 Å². The zero-order chi connectivity index (χ0) is 13.9. The Balaban J connectivity index is 1.71. The van der Waals surface area contributed by atoms with E-state index in [0.29, 0.717) is 18.9 Å². The summed E-state index contributed by atoms with van der Waals surface area (Å²) < 4.78 is 10.8. The molecule has 0 saturated carbocycles. The van der Waals surface area contributed by atoms with Crippen molar-refractivity contribution in [2.45, 2.75) is 19.4 Å². The Bertz CT molecular complexity index is 652. The lowest BCUT2D eigenvalue weighted by Crippen LogP contribution is -2.00. The van der Waals surface area contributed by atoms with Gasteiger partial charge in [0.05, 0.1) is 12.8 Å². The highest BCUT2D eigenvalue weighted by molar-refractivity contribution is 6.00. The van der Waals surface area contributed by atoms with Crippen LogP contribution in [0.2, 0.25) is 0 Å². The maximum absolute atomic E-state index is 11.6. The molecule has 0 bridgehead atoms. The number of ketones is 1. The summed E-state index contributed by atoms with van der Waals surface area (Å²) in [4.78, 5) is 15.9. The molecule has 0 unspecified atom stereocenters. The van der Waals surface area contributed by atoms with E-state index in [1.54, 1.807) is 13.2 Å². The van der Waals surface area contributed by atoms with Crippen LogP contribution in [0.1, 0.15) is 28.0 Å². The fourth-order valence-corrected chi connectivity index (χ4v) is 2.33. The van der Waals surface area contributed by atoms with Gasteiger partial charge >= 0.3 is 0 Å². The van der Waals surface area contributed by atoms with Crippen LogP contribution >= 0.6 is 0 Å². The van der Waals surface area contributed by atoms with Crippen molar-refractivity contribution < 1.29 is 14.3 Å². The van der Waals surface area contributed by atoms with E-state index in [-0.39, 0.29) is 5.78 Å². The zero-order valence-corrected chi connectivity index (χ0v) is 11.3. The van der Waals surface area contributed by atoms with Crippen molar-refractivity contribution in [1.29, 1.82) is 0 Å². The highest BCUT2D eigenvalue weighted by atomic mass is 16.5. The molecule has 0 amide bonds. The van der Waals surface area contributed by atoms with E-state index in [9.17, 15) is 4.79 Å². The van der Waals surface area contributed by atoms with Gasteiger partial charge in [-0.25, -0.2) is 4.98 Å². The number of ether oxygens (including phenoxy) is 2. The number of rotatable bonds is 4. The number of hydrogen-bond donors (Lipinski definition) is 0. The molecule has 1 aromatic carbocycles. The Kier molecular flexibility index (Phi) is 3.37. The van der Waals surface area contributed by atoms with Crippen LogP contribution in [0.15, 0.2) is 36.4 Å². The van der Waals surface area contributed by atoms with Crippen LogP contribution in [0.5, 0.6) is 11.6 Å². The molecule has 1 aromatic heterocycles. The molecule has 4 heteroatoms. The molecular weight excluding hydrogens is 254 g/mol. The highest BCUT2D eigenvalue weighted by Gasteiger charge is 2.19. The summed E-state index contributed by atoms with van der Waals surface area (Å²) in [6.45, 7) is 0.379. The topological polar surface area (TPSA) is 48.4 Å². The maximum Gasteiger partial charge on any atom is 0.213 e. The molecule has 20 heavy (non-hydrogen) atoms. The first-order chi connectivity index (χ1) is 9.76. The van der Waals surface area contributed by atoms with Crippen LogP contribution < -0.4 is 9.47 Å². The molecule has 1 aliphatic carbocycles. The summed E-state index contributed by atoms with van der Waals surface area (Å²) in [7, 11) is 1.59. The van der Waals surface area contributed by atoms with Crippen molar-refractivity contribution in [1.82, 2.24) is 4.98 Å². The van der Waals surface area contributed by atoms with Crippen molar-refractivity contribution in [2.24, 2.45) is 0 Å². The summed E-state index contributed by atoms with van der Waals surface area (Å²) in [5.41, 5.74) is 2.71. The standard InChI is InChI=1S/C16H15NO3/c1-19-16-4-2-3-12(17-16)10-20-13-6-7-14-11(9-13)5-8-15(14)18/h2-4,6-7,9H,5,8,10H2,1H3. The molecule has 4 nitrogen and oxygen atoms in total. The van der Waals surface area contributed by atoms with Gasteiger partial charge in [0.25, 0.3) is 0 Å². The lowest BCUT2D eigenvalue weighted by molar-refractivity contribution is 0.0994. The molecular formula is C16H15NO3. The number of carbonyl (C=O) groups is 1. The van der Waals surface area contributed by atoms with Crippen LogP contribution in [0.3, 0.4) is 0 Å². The molecule has 0 atom stereocenters. The van der Waals surface area contributed by atoms with Gasteiger partial charge in [-0.3, -0.25) is 4.79 Å². The predicted molar refractivity (Wildman–Crippen MR) is 74.2 cm³/mol. The number of aromatic nitrogens is 1. The summed E-state index contributed by atoms with van der Waals surface area (Å²) in [6, 6.07) is 11.2. The van der Waals surface area contributed by atoms with Crippen molar-refractivity contribution in [3.63, 3.8) is 0 Å². The summed E-state index contributed by atoms with van der Waals surface area (Å²) in [5, 5.41) is 0. The largest absolute Gasteiger partial charge is 0.487 e. The number of carbonyl (C=O) groups excluding carboxylic acids is 1. The first kappa shape index (κ1) is 12.7. The molecule has 1 aliphatic rings. The first-order valence-electron chi connectivity index (χ1n) is 6.55. The zero-order valence-electron chi connectivity index (χ0n) is 11.3. The van der Waals surface area contributed by atoms with Crippen molar-refractivity contribution >= 4 is 5.78 Å². The Morgan fingerprint density at radius 1 is 1.20 bits per heavy atom. The second-order valence-electron chi connectivity index (χ2n) is 4.70. The molecule has 0 saturated heterocycles. The van der Waals surface area contributed by atoms with E-state index in [1.807, 2.05) is 30.3 Å². The second kappa shape index (κ2) is 5.33. The normalized spacial score (nSPS) is 13.2. The number of pyridine rings is 1. The minimum Gasteiger partial charge on any atom is -0.487 e. The van der Waals surface area contributed by atoms with Gasteiger partial charge in [-0.05, 0) is 36.2 Å². The van der Waals surface area contributed by atoms with Gasteiger partial charge in [-0.2, -0.15) is 0 Å².